The van der Waals surface area contributed by atoms with E-state index >= 15 is 0 Å². The Morgan fingerprint density at radius 3 is 2.19 bits per heavy atom. The summed E-state index contributed by atoms with van der Waals surface area (Å²) in [5.74, 6) is -0.298. The summed E-state index contributed by atoms with van der Waals surface area (Å²) in [6.07, 6.45) is 3.98. The van der Waals surface area contributed by atoms with Gasteiger partial charge >= 0.3 is 5.97 Å². The third-order valence-corrected chi connectivity index (χ3v) is 5.80. The molecular formula is C25H30O2. The molecule has 2 aromatic carbocycles. The summed E-state index contributed by atoms with van der Waals surface area (Å²) in [5, 5.41) is 0. The van der Waals surface area contributed by atoms with E-state index in [2.05, 4.69) is 45.9 Å². The smallest absolute Gasteiger partial charge is 0.331 e. The molecule has 0 spiro atoms. The second-order valence-electron chi connectivity index (χ2n) is 8.70. The highest BCUT2D eigenvalue weighted by Gasteiger charge is 2.37. The van der Waals surface area contributed by atoms with Crippen LogP contribution >= 0.6 is 0 Å². The van der Waals surface area contributed by atoms with Crippen LogP contribution in [-0.4, -0.2) is 12.6 Å². The number of esters is 1. The van der Waals surface area contributed by atoms with Gasteiger partial charge < -0.3 is 4.74 Å². The van der Waals surface area contributed by atoms with Gasteiger partial charge in [-0.1, -0.05) is 76.2 Å². The van der Waals surface area contributed by atoms with E-state index in [4.69, 9.17) is 4.74 Å². The van der Waals surface area contributed by atoms with Crippen molar-refractivity contribution in [3.05, 3.63) is 76.9 Å². The summed E-state index contributed by atoms with van der Waals surface area (Å²) in [4.78, 5) is 12.2. The van der Waals surface area contributed by atoms with Crippen molar-refractivity contribution in [3.8, 4) is 0 Å². The first-order valence-corrected chi connectivity index (χ1v) is 9.84. The molecule has 0 atom stereocenters. The van der Waals surface area contributed by atoms with Gasteiger partial charge in [-0.15, -0.1) is 0 Å². The zero-order chi connectivity index (χ0) is 19.7. The molecule has 1 aliphatic rings. The molecule has 2 nitrogen and oxygen atoms in total. The Balaban J connectivity index is 2.15. The molecular weight excluding hydrogens is 332 g/mol. The maximum Gasteiger partial charge on any atom is 0.331 e. The Kier molecular flexibility index (Phi) is 5.28. The number of rotatable bonds is 4. The molecule has 1 aliphatic carbocycles. The number of carbonyl (C=O) groups is 1. The van der Waals surface area contributed by atoms with Gasteiger partial charge in [0.15, 0.2) is 0 Å². The highest BCUT2D eigenvalue weighted by molar-refractivity contribution is 5.96. The van der Waals surface area contributed by atoms with E-state index in [0.717, 1.165) is 16.7 Å². The van der Waals surface area contributed by atoms with E-state index < -0.39 is 0 Å². The van der Waals surface area contributed by atoms with E-state index in [1.807, 2.05) is 37.3 Å². The summed E-state index contributed by atoms with van der Waals surface area (Å²) in [5.41, 5.74) is 6.13. The highest BCUT2D eigenvalue weighted by Crippen LogP contribution is 2.46. The lowest BCUT2D eigenvalue weighted by atomic mass is 9.63. The van der Waals surface area contributed by atoms with Crippen LogP contribution in [-0.2, 0) is 20.4 Å². The van der Waals surface area contributed by atoms with Gasteiger partial charge in [0.05, 0.1) is 6.61 Å². The first-order chi connectivity index (χ1) is 12.7. The predicted molar refractivity (Wildman–Crippen MR) is 112 cm³/mol. The van der Waals surface area contributed by atoms with Crippen LogP contribution in [0.5, 0.6) is 0 Å². The Hall–Kier alpha value is -2.35. The minimum atomic E-state index is -0.298. The van der Waals surface area contributed by atoms with Crippen LogP contribution in [0.1, 0.15) is 69.7 Å². The molecule has 0 N–H and O–H groups in total. The highest BCUT2D eigenvalue weighted by atomic mass is 16.5. The van der Waals surface area contributed by atoms with Gasteiger partial charge in [-0.3, -0.25) is 0 Å². The maximum atomic E-state index is 12.2. The SMILES string of the molecule is CCOC(=O)C=C(c1ccccc1)c1ccc2c(c1)C(C)(C)CCC2(C)C. The normalized spacial score (nSPS) is 17.9. The third-order valence-electron chi connectivity index (χ3n) is 5.80. The van der Waals surface area contributed by atoms with Crippen molar-refractivity contribution in [1.82, 2.24) is 0 Å². The van der Waals surface area contributed by atoms with Crippen LogP contribution in [0.2, 0.25) is 0 Å². The van der Waals surface area contributed by atoms with Gasteiger partial charge in [-0.25, -0.2) is 4.79 Å². The fourth-order valence-electron chi connectivity index (χ4n) is 4.01. The molecule has 2 aromatic rings. The Bertz CT molecular complexity index is 857. The summed E-state index contributed by atoms with van der Waals surface area (Å²) < 4.78 is 5.19. The predicted octanol–water partition coefficient (Wildman–Crippen LogP) is 6.03. The maximum absolute atomic E-state index is 12.2. The van der Waals surface area contributed by atoms with Crippen molar-refractivity contribution >= 4 is 11.5 Å². The Morgan fingerprint density at radius 2 is 1.56 bits per heavy atom. The largest absolute Gasteiger partial charge is 0.463 e. The van der Waals surface area contributed by atoms with Crippen molar-refractivity contribution in [3.63, 3.8) is 0 Å². The molecule has 0 aliphatic heterocycles. The molecule has 0 saturated carbocycles. The average molecular weight is 363 g/mol. The zero-order valence-corrected chi connectivity index (χ0v) is 17.1. The molecule has 27 heavy (non-hydrogen) atoms. The minimum Gasteiger partial charge on any atom is -0.463 e. The molecule has 2 heteroatoms. The topological polar surface area (TPSA) is 26.3 Å². The van der Waals surface area contributed by atoms with Gasteiger partial charge in [0.25, 0.3) is 0 Å². The van der Waals surface area contributed by atoms with Crippen LogP contribution in [0.15, 0.2) is 54.6 Å². The van der Waals surface area contributed by atoms with E-state index in [-0.39, 0.29) is 16.8 Å². The first-order valence-electron chi connectivity index (χ1n) is 9.84. The molecule has 0 amide bonds. The zero-order valence-electron chi connectivity index (χ0n) is 17.1. The molecule has 0 fully saturated rings. The molecule has 0 saturated heterocycles. The van der Waals surface area contributed by atoms with Crippen LogP contribution in [0.4, 0.5) is 0 Å². The number of hydrogen-bond acceptors (Lipinski definition) is 2. The second-order valence-corrected chi connectivity index (χ2v) is 8.70. The van der Waals surface area contributed by atoms with Gasteiger partial charge in [0.1, 0.15) is 0 Å². The average Bonchev–Trinajstić information content (AvgIpc) is 2.64. The van der Waals surface area contributed by atoms with E-state index in [1.165, 1.54) is 24.0 Å². The lowest BCUT2D eigenvalue weighted by Gasteiger charge is -2.42. The summed E-state index contributed by atoms with van der Waals surface area (Å²) in [6, 6.07) is 16.8. The fourth-order valence-corrected chi connectivity index (χ4v) is 4.01. The second kappa shape index (κ2) is 7.34. The van der Waals surface area contributed by atoms with Gasteiger partial charge in [0, 0.05) is 6.08 Å². The molecule has 0 bridgehead atoms. The number of hydrogen-bond donors (Lipinski definition) is 0. The van der Waals surface area contributed by atoms with Crippen LogP contribution in [0.3, 0.4) is 0 Å². The Labute approximate surface area is 163 Å². The first kappa shape index (κ1) is 19.4. The van der Waals surface area contributed by atoms with Gasteiger partial charge in [-0.05, 0) is 58.4 Å². The van der Waals surface area contributed by atoms with Crippen molar-refractivity contribution in [1.29, 1.82) is 0 Å². The van der Waals surface area contributed by atoms with Crippen LogP contribution < -0.4 is 0 Å². The number of carbonyl (C=O) groups excluding carboxylic acids is 1. The minimum absolute atomic E-state index is 0.132. The lowest BCUT2D eigenvalue weighted by molar-refractivity contribution is -0.137. The van der Waals surface area contributed by atoms with E-state index in [9.17, 15) is 4.79 Å². The monoisotopic (exact) mass is 362 g/mol. The summed E-state index contributed by atoms with van der Waals surface area (Å²) >= 11 is 0. The lowest BCUT2D eigenvalue weighted by Crippen LogP contribution is -2.33. The molecule has 0 heterocycles. The van der Waals surface area contributed by atoms with Crippen LogP contribution in [0, 0.1) is 0 Å². The standard InChI is InChI=1S/C25H30O2/c1-6-27-23(26)17-20(18-10-8-7-9-11-18)19-12-13-21-22(16-19)25(4,5)15-14-24(21,2)3/h7-13,16-17H,6,14-15H2,1-5H3. The van der Waals surface area contributed by atoms with E-state index in [1.54, 1.807) is 6.08 Å². The van der Waals surface area contributed by atoms with Crippen molar-refractivity contribution in [2.24, 2.45) is 0 Å². The molecule has 0 aromatic heterocycles. The van der Waals surface area contributed by atoms with Crippen molar-refractivity contribution in [2.45, 2.75) is 58.3 Å². The summed E-state index contributed by atoms with van der Waals surface area (Å²) in [6.45, 7) is 11.5. The molecule has 3 rings (SSSR count). The number of fused-ring (bicyclic) bond motifs is 1. The van der Waals surface area contributed by atoms with Crippen molar-refractivity contribution in [2.75, 3.05) is 6.61 Å². The van der Waals surface area contributed by atoms with Gasteiger partial charge in [0.2, 0.25) is 0 Å². The molecule has 0 radical (unpaired) electrons. The molecule has 142 valence electrons. The van der Waals surface area contributed by atoms with Gasteiger partial charge in [-0.2, -0.15) is 0 Å². The molecule has 0 unspecified atom stereocenters. The fraction of sp³-hybridized carbons (Fsp3) is 0.400. The Morgan fingerprint density at radius 1 is 0.926 bits per heavy atom. The van der Waals surface area contributed by atoms with Crippen LogP contribution in [0.25, 0.3) is 5.57 Å². The van der Waals surface area contributed by atoms with E-state index in [0.29, 0.717) is 6.61 Å². The third kappa shape index (κ3) is 4.00. The quantitative estimate of drug-likeness (QED) is 0.490. The van der Waals surface area contributed by atoms with Crippen molar-refractivity contribution < 1.29 is 9.53 Å². The number of ether oxygens (including phenoxy) is 1. The number of benzene rings is 2. The summed E-state index contributed by atoms with van der Waals surface area (Å²) in [7, 11) is 0.